The Bertz CT molecular complexity index is 729. The number of rotatable bonds is 4. The van der Waals surface area contributed by atoms with Gasteiger partial charge in [-0.1, -0.05) is 6.07 Å². The van der Waals surface area contributed by atoms with E-state index in [4.69, 9.17) is 0 Å². The Morgan fingerprint density at radius 3 is 2.83 bits per heavy atom. The fourth-order valence-electron chi connectivity index (χ4n) is 3.30. The molecule has 1 aromatic carbocycles. The van der Waals surface area contributed by atoms with Crippen molar-refractivity contribution in [3.63, 3.8) is 0 Å². The number of hydrogen-bond acceptors (Lipinski definition) is 2. The Balaban J connectivity index is 1.58. The van der Waals surface area contributed by atoms with Gasteiger partial charge in [-0.15, -0.1) is 0 Å². The molecule has 2 aromatic rings. The summed E-state index contributed by atoms with van der Waals surface area (Å²) in [6.45, 7) is 1.46. The van der Waals surface area contributed by atoms with E-state index in [1.54, 1.807) is 30.1 Å². The summed E-state index contributed by atoms with van der Waals surface area (Å²) in [5.74, 6) is -1.23. The molecule has 1 saturated heterocycles. The largest absolute Gasteiger partial charge is 0.337 e. The van der Waals surface area contributed by atoms with Crippen LogP contribution < -0.4 is 0 Å². The summed E-state index contributed by atoms with van der Waals surface area (Å²) in [5.41, 5.74) is 1.39. The third-order valence-electron chi connectivity index (χ3n) is 4.67. The van der Waals surface area contributed by atoms with Crippen LogP contribution in [-0.4, -0.2) is 33.7 Å². The van der Waals surface area contributed by atoms with Gasteiger partial charge in [0.1, 0.15) is 5.69 Å². The van der Waals surface area contributed by atoms with Crippen LogP contribution in [0.1, 0.15) is 35.3 Å². The predicted octanol–water partition coefficient (Wildman–Crippen LogP) is 3.18. The van der Waals surface area contributed by atoms with Gasteiger partial charge in [-0.3, -0.25) is 9.48 Å². The first-order valence-corrected chi connectivity index (χ1v) is 8.26. The second-order valence-corrected chi connectivity index (χ2v) is 6.39. The highest BCUT2D eigenvalue weighted by Gasteiger charge is 2.25. The van der Waals surface area contributed by atoms with Gasteiger partial charge in [-0.05, 0) is 55.4 Å². The number of halogens is 2. The van der Waals surface area contributed by atoms with Crippen molar-refractivity contribution in [3.8, 4) is 0 Å². The first-order valence-electron chi connectivity index (χ1n) is 8.26. The molecular weight excluding hydrogens is 312 g/mol. The number of carbonyl (C=O) groups excluding carboxylic acids is 1. The van der Waals surface area contributed by atoms with E-state index < -0.39 is 11.6 Å². The highest BCUT2D eigenvalue weighted by Crippen LogP contribution is 2.23. The molecule has 0 radical (unpaired) electrons. The zero-order valence-corrected chi connectivity index (χ0v) is 13.7. The molecule has 1 aliphatic heterocycles. The minimum Gasteiger partial charge on any atom is -0.337 e. The van der Waals surface area contributed by atoms with E-state index in [0.717, 1.165) is 31.4 Å². The molecular formula is C18H21F2N3O. The zero-order chi connectivity index (χ0) is 17.1. The van der Waals surface area contributed by atoms with E-state index in [2.05, 4.69) is 5.10 Å². The molecule has 1 aromatic heterocycles. The SMILES string of the molecule is Cn1nccc1C(=O)N1CCC[C@H](CCc2ccc(F)c(F)c2)C1. The minimum absolute atomic E-state index is 0.00697. The molecule has 2 heterocycles. The van der Waals surface area contributed by atoms with E-state index in [1.165, 1.54) is 12.1 Å². The van der Waals surface area contributed by atoms with E-state index >= 15 is 0 Å². The molecule has 0 aliphatic carbocycles. The average Bonchev–Trinajstić information content (AvgIpc) is 3.01. The first-order chi connectivity index (χ1) is 11.5. The number of piperidine rings is 1. The zero-order valence-electron chi connectivity index (χ0n) is 13.7. The Morgan fingerprint density at radius 2 is 2.12 bits per heavy atom. The molecule has 128 valence electrons. The van der Waals surface area contributed by atoms with Crippen LogP contribution in [0.15, 0.2) is 30.5 Å². The van der Waals surface area contributed by atoms with Crippen LogP contribution in [0.25, 0.3) is 0 Å². The molecule has 0 saturated carbocycles. The van der Waals surface area contributed by atoms with Crippen LogP contribution >= 0.6 is 0 Å². The molecule has 1 fully saturated rings. The number of likely N-dealkylation sites (tertiary alicyclic amines) is 1. The third kappa shape index (κ3) is 3.63. The van der Waals surface area contributed by atoms with E-state index in [0.29, 0.717) is 24.6 Å². The van der Waals surface area contributed by atoms with Crippen molar-refractivity contribution in [1.82, 2.24) is 14.7 Å². The van der Waals surface area contributed by atoms with Crippen LogP contribution in [0.2, 0.25) is 0 Å². The normalized spacial score (nSPS) is 18.0. The number of amides is 1. The average molecular weight is 333 g/mol. The number of nitrogens with zero attached hydrogens (tertiary/aromatic N) is 3. The molecule has 1 aliphatic rings. The van der Waals surface area contributed by atoms with Crippen molar-refractivity contribution >= 4 is 5.91 Å². The summed E-state index contributed by atoms with van der Waals surface area (Å²) in [4.78, 5) is 14.4. The van der Waals surface area contributed by atoms with Crippen molar-refractivity contribution < 1.29 is 13.6 Å². The molecule has 0 unspecified atom stereocenters. The number of aryl methyl sites for hydroxylation is 2. The lowest BCUT2D eigenvalue weighted by Crippen LogP contribution is -2.40. The highest BCUT2D eigenvalue weighted by molar-refractivity contribution is 5.92. The van der Waals surface area contributed by atoms with Gasteiger partial charge in [0.15, 0.2) is 11.6 Å². The fourth-order valence-corrected chi connectivity index (χ4v) is 3.30. The molecule has 1 amide bonds. The van der Waals surface area contributed by atoms with Crippen molar-refractivity contribution in [2.75, 3.05) is 13.1 Å². The van der Waals surface area contributed by atoms with Gasteiger partial charge >= 0.3 is 0 Å². The minimum atomic E-state index is -0.815. The summed E-state index contributed by atoms with van der Waals surface area (Å²) in [7, 11) is 1.76. The van der Waals surface area contributed by atoms with Gasteiger partial charge in [-0.2, -0.15) is 5.10 Å². The fraction of sp³-hybridized carbons (Fsp3) is 0.444. The summed E-state index contributed by atoms with van der Waals surface area (Å²) in [5, 5.41) is 4.05. The topological polar surface area (TPSA) is 38.1 Å². The van der Waals surface area contributed by atoms with Gasteiger partial charge in [0.05, 0.1) is 0 Å². The molecule has 0 spiro atoms. The second kappa shape index (κ2) is 7.11. The molecule has 4 nitrogen and oxygen atoms in total. The van der Waals surface area contributed by atoms with Crippen LogP contribution in [-0.2, 0) is 13.5 Å². The predicted molar refractivity (Wildman–Crippen MR) is 86.5 cm³/mol. The van der Waals surface area contributed by atoms with Crippen LogP contribution in [0.3, 0.4) is 0 Å². The van der Waals surface area contributed by atoms with Crippen LogP contribution in [0, 0.1) is 17.6 Å². The number of aromatic nitrogens is 2. The van der Waals surface area contributed by atoms with E-state index in [-0.39, 0.29) is 5.91 Å². The maximum atomic E-state index is 13.3. The van der Waals surface area contributed by atoms with E-state index in [9.17, 15) is 13.6 Å². The lowest BCUT2D eigenvalue weighted by molar-refractivity contribution is 0.0657. The third-order valence-corrected chi connectivity index (χ3v) is 4.67. The van der Waals surface area contributed by atoms with Crippen molar-refractivity contribution in [2.45, 2.75) is 25.7 Å². The lowest BCUT2D eigenvalue weighted by atomic mass is 9.91. The lowest BCUT2D eigenvalue weighted by Gasteiger charge is -2.32. The molecule has 1 atom stereocenters. The smallest absolute Gasteiger partial charge is 0.272 e. The molecule has 24 heavy (non-hydrogen) atoms. The Kier molecular flexibility index (Phi) is 4.92. The molecule has 0 bridgehead atoms. The quantitative estimate of drug-likeness (QED) is 0.862. The number of hydrogen-bond donors (Lipinski definition) is 0. The van der Waals surface area contributed by atoms with Crippen molar-refractivity contribution in [2.24, 2.45) is 13.0 Å². The first kappa shape index (κ1) is 16.6. The maximum absolute atomic E-state index is 13.3. The highest BCUT2D eigenvalue weighted by atomic mass is 19.2. The maximum Gasteiger partial charge on any atom is 0.272 e. The van der Waals surface area contributed by atoms with Gasteiger partial charge in [0, 0.05) is 26.3 Å². The van der Waals surface area contributed by atoms with Crippen molar-refractivity contribution in [3.05, 3.63) is 53.4 Å². The van der Waals surface area contributed by atoms with Gasteiger partial charge in [0.2, 0.25) is 0 Å². The van der Waals surface area contributed by atoms with Gasteiger partial charge < -0.3 is 4.90 Å². The summed E-state index contributed by atoms with van der Waals surface area (Å²) < 4.78 is 27.8. The number of benzene rings is 1. The molecule has 0 N–H and O–H groups in total. The molecule has 6 heteroatoms. The summed E-state index contributed by atoms with van der Waals surface area (Å²) >= 11 is 0. The van der Waals surface area contributed by atoms with Gasteiger partial charge in [0.25, 0.3) is 5.91 Å². The van der Waals surface area contributed by atoms with Gasteiger partial charge in [-0.25, -0.2) is 8.78 Å². The summed E-state index contributed by atoms with van der Waals surface area (Å²) in [6.07, 6.45) is 5.19. The monoisotopic (exact) mass is 333 g/mol. The Hall–Kier alpha value is -2.24. The second-order valence-electron chi connectivity index (χ2n) is 6.39. The van der Waals surface area contributed by atoms with E-state index in [1.807, 2.05) is 4.90 Å². The number of carbonyl (C=O) groups is 1. The van der Waals surface area contributed by atoms with Crippen molar-refractivity contribution in [1.29, 1.82) is 0 Å². The molecule has 3 rings (SSSR count). The van der Waals surface area contributed by atoms with Crippen LogP contribution in [0.4, 0.5) is 8.78 Å². The Labute approximate surface area is 140 Å². The van der Waals surface area contributed by atoms with Crippen LogP contribution in [0.5, 0.6) is 0 Å². The standard InChI is InChI=1S/C18H21F2N3O/c1-22-17(8-9-21-22)18(24)23-10-2-3-14(12-23)5-4-13-6-7-15(19)16(20)11-13/h6-9,11,14H,2-5,10,12H2,1H3/t14-/m1/s1. The Morgan fingerprint density at radius 1 is 1.29 bits per heavy atom. The summed E-state index contributed by atoms with van der Waals surface area (Å²) in [6, 6.07) is 5.79.